The van der Waals surface area contributed by atoms with E-state index in [1.165, 1.54) is 6.33 Å². The number of methoxy groups -OCH3 is 1. The van der Waals surface area contributed by atoms with Crippen molar-refractivity contribution < 1.29 is 9.84 Å². The summed E-state index contributed by atoms with van der Waals surface area (Å²) < 4.78 is 7.16. The van der Waals surface area contributed by atoms with Crippen LogP contribution in [0.15, 0.2) is 12.5 Å². The fraction of sp³-hybridized carbons (Fsp3) is 0.500. The van der Waals surface area contributed by atoms with Gasteiger partial charge in [-0.1, -0.05) is 0 Å². The highest BCUT2D eigenvalue weighted by molar-refractivity contribution is 5.89. The number of aryl methyl sites for hydroxylation is 2. The topological polar surface area (TPSA) is 86.2 Å². The molecule has 98 valence electrons. The number of nitrogens with zero attached hydrogens (tertiary/aromatic N) is 3. The van der Waals surface area contributed by atoms with E-state index in [1.54, 1.807) is 7.11 Å². The summed E-state index contributed by atoms with van der Waals surface area (Å²) in [4.78, 5) is 8.26. The molecule has 18 heavy (non-hydrogen) atoms. The molecule has 2 aromatic heterocycles. The van der Waals surface area contributed by atoms with Gasteiger partial charge in [0.1, 0.15) is 17.8 Å². The van der Waals surface area contributed by atoms with E-state index in [0.29, 0.717) is 5.82 Å². The van der Waals surface area contributed by atoms with Crippen LogP contribution in [-0.4, -0.2) is 39.5 Å². The maximum absolute atomic E-state index is 9.09. The van der Waals surface area contributed by atoms with Crippen molar-refractivity contribution >= 4 is 16.9 Å². The number of nitrogen functional groups attached to an aromatic ring is 1. The molecule has 0 aliphatic heterocycles. The quantitative estimate of drug-likeness (QED) is 0.816. The number of fused-ring (bicyclic) bond motifs is 1. The largest absolute Gasteiger partial charge is 0.394 e. The Labute approximate surface area is 105 Å². The third kappa shape index (κ3) is 2.30. The number of nitrogens with two attached hydrogens (primary N) is 1. The van der Waals surface area contributed by atoms with Crippen LogP contribution in [0.1, 0.15) is 12.0 Å². The summed E-state index contributed by atoms with van der Waals surface area (Å²) in [5.74, 6) is 0.502. The SMILES string of the molecule is COC(CO)CCn1cc(C)c2c(N)ncnc21. The fourth-order valence-corrected chi connectivity index (χ4v) is 2.08. The molecular formula is C12H18N4O2. The van der Waals surface area contributed by atoms with Gasteiger partial charge in [-0.15, -0.1) is 0 Å². The first-order valence-corrected chi connectivity index (χ1v) is 5.87. The second-order valence-corrected chi connectivity index (χ2v) is 4.29. The number of hydrogen-bond acceptors (Lipinski definition) is 5. The molecular weight excluding hydrogens is 232 g/mol. The highest BCUT2D eigenvalue weighted by Crippen LogP contribution is 2.23. The Bertz CT molecular complexity index is 534. The van der Waals surface area contributed by atoms with E-state index in [-0.39, 0.29) is 12.7 Å². The van der Waals surface area contributed by atoms with Crippen LogP contribution in [0.5, 0.6) is 0 Å². The highest BCUT2D eigenvalue weighted by Gasteiger charge is 2.12. The molecule has 2 rings (SSSR count). The normalized spacial score (nSPS) is 13.1. The molecule has 2 heterocycles. The number of aliphatic hydroxyl groups excluding tert-OH is 1. The van der Waals surface area contributed by atoms with E-state index in [9.17, 15) is 0 Å². The molecule has 0 saturated heterocycles. The number of rotatable bonds is 5. The lowest BCUT2D eigenvalue weighted by molar-refractivity contribution is 0.0405. The zero-order valence-corrected chi connectivity index (χ0v) is 10.6. The Kier molecular flexibility index (Phi) is 3.78. The first kappa shape index (κ1) is 12.8. The van der Waals surface area contributed by atoms with Crippen molar-refractivity contribution in [2.75, 3.05) is 19.5 Å². The summed E-state index contributed by atoms with van der Waals surface area (Å²) >= 11 is 0. The maximum atomic E-state index is 9.09. The van der Waals surface area contributed by atoms with Gasteiger partial charge in [0.15, 0.2) is 0 Å². The van der Waals surface area contributed by atoms with Gasteiger partial charge in [-0.3, -0.25) is 0 Å². The van der Waals surface area contributed by atoms with Crippen LogP contribution in [0.3, 0.4) is 0 Å². The first-order chi connectivity index (χ1) is 8.67. The Morgan fingerprint density at radius 2 is 2.28 bits per heavy atom. The van der Waals surface area contributed by atoms with Gasteiger partial charge in [0.05, 0.1) is 18.1 Å². The molecule has 0 aromatic carbocycles. The Hall–Kier alpha value is -1.66. The van der Waals surface area contributed by atoms with E-state index in [2.05, 4.69) is 9.97 Å². The highest BCUT2D eigenvalue weighted by atomic mass is 16.5. The van der Waals surface area contributed by atoms with Gasteiger partial charge in [0.2, 0.25) is 0 Å². The molecule has 0 spiro atoms. The molecule has 3 N–H and O–H groups in total. The predicted molar refractivity (Wildman–Crippen MR) is 69.2 cm³/mol. The van der Waals surface area contributed by atoms with E-state index in [0.717, 1.165) is 29.6 Å². The van der Waals surface area contributed by atoms with Crippen molar-refractivity contribution in [2.24, 2.45) is 0 Å². The van der Waals surface area contributed by atoms with Gasteiger partial charge in [-0.25, -0.2) is 9.97 Å². The minimum atomic E-state index is -0.151. The molecule has 6 nitrogen and oxygen atoms in total. The van der Waals surface area contributed by atoms with Crippen molar-refractivity contribution in [2.45, 2.75) is 26.0 Å². The monoisotopic (exact) mass is 250 g/mol. The molecule has 0 aliphatic rings. The Balaban J connectivity index is 2.27. The molecule has 1 unspecified atom stereocenters. The summed E-state index contributed by atoms with van der Waals surface area (Å²) in [6.07, 6.45) is 4.04. The van der Waals surface area contributed by atoms with Gasteiger partial charge in [0.25, 0.3) is 0 Å². The van der Waals surface area contributed by atoms with Crippen LogP contribution in [-0.2, 0) is 11.3 Å². The number of anilines is 1. The molecule has 0 amide bonds. The minimum Gasteiger partial charge on any atom is -0.394 e. The van der Waals surface area contributed by atoms with Crippen LogP contribution in [0.25, 0.3) is 11.0 Å². The standard InChI is InChI=1S/C12H18N4O2/c1-8-5-16(4-3-9(6-17)18-2)12-10(8)11(13)14-7-15-12/h5,7,9,17H,3-4,6H2,1-2H3,(H2,13,14,15). The van der Waals surface area contributed by atoms with E-state index in [1.807, 2.05) is 17.7 Å². The number of aromatic nitrogens is 3. The number of hydrogen-bond donors (Lipinski definition) is 2. The summed E-state index contributed by atoms with van der Waals surface area (Å²) in [5.41, 5.74) is 7.73. The third-order valence-electron chi connectivity index (χ3n) is 3.10. The van der Waals surface area contributed by atoms with Crippen LogP contribution in [0, 0.1) is 6.92 Å². The van der Waals surface area contributed by atoms with Crippen LogP contribution in [0.4, 0.5) is 5.82 Å². The van der Waals surface area contributed by atoms with Gasteiger partial charge in [-0.05, 0) is 18.9 Å². The van der Waals surface area contributed by atoms with E-state index < -0.39 is 0 Å². The lowest BCUT2D eigenvalue weighted by Crippen LogP contribution is -2.18. The van der Waals surface area contributed by atoms with Crippen LogP contribution in [0.2, 0.25) is 0 Å². The van der Waals surface area contributed by atoms with Crippen molar-refractivity contribution in [1.82, 2.24) is 14.5 Å². The van der Waals surface area contributed by atoms with Crippen molar-refractivity contribution in [3.8, 4) is 0 Å². The molecule has 0 saturated carbocycles. The second kappa shape index (κ2) is 5.32. The zero-order valence-electron chi connectivity index (χ0n) is 10.6. The lowest BCUT2D eigenvalue weighted by Gasteiger charge is -2.12. The summed E-state index contributed by atoms with van der Waals surface area (Å²) in [6, 6.07) is 0. The zero-order chi connectivity index (χ0) is 13.1. The average molecular weight is 250 g/mol. The van der Waals surface area contributed by atoms with Crippen molar-refractivity contribution in [3.63, 3.8) is 0 Å². The van der Waals surface area contributed by atoms with Crippen molar-refractivity contribution in [1.29, 1.82) is 0 Å². The smallest absolute Gasteiger partial charge is 0.145 e. The van der Waals surface area contributed by atoms with E-state index >= 15 is 0 Å². The second-order valence-electron chi connectivity index (χ2n) is 4.29. The first-order valence-electron chi connectivity index (χ1n) is 5.87. The number of aliphatic hydroxyl groups is 1. The fourth-order valence-electron chi connectivity index (χ4n) is 2.08. The van der Waals surface area contributed by atoms with Gasteiger partial charge in [-0.2, -0.15) is 0 Å². The van der Waals surface area contributed by atoms with Gasteiger partial charge < -0.3 is 20.1 Å². The predicted octanol–water partition coefficient (Wildman–Crippen LogP) is 0.719. The summed E-state index contributed by atoms with van der Waals surface area (Å²) in [6.45, 7) is 2.73. The molecule has 2 aromatic rings. The summed E-state index contributed by atoms with van der Waals surface area (Å²) in [5, 5.41) is 9.99. The van der Waals surface area contributed by atoms with Crippen molar-refractivity contribution in [3.05, 3.63) is 18.1 Å². The summed E-state index contributed by atoms with van der Waals surface area (Å²) in [7, 11) is 1.60. The Morgan fingerprint density at radius 3 is 2.94 bits per heavy atom. The maximum Gasteiger partial charge on any atom is 0.145 e. The third-order valence-corrected chi connectivity index (χ3v) is 3.10. The number of ether oxygens (including phenoxy) is 1. The van der Waals surface area contributed by atoms with E-state index in [4.69, 9.17) is 15.6 Å². The molecule has 0 radical (unpaired) electrons. The van der Waals surface area contributed by atoms with Gasteiger partial charge in [0, 0.05) is 19.9 Å². The van der Waals surface area contributed by atoms with Crippen LogP contribution >= 0.6 is 0 Å². The average Bonchev–Trinajstić information content (AvgIpc) is 2.69. The Morgan fingerprint density at radius 1 is 1.50 bits per heavy atom. The molecule has 1 atom stereocenters. The minimum absolute atomic E-state index is 0.0196. The lowest BCUT2D eigenvalue weighted by atomic mass is 10.2. The molecule has 6 heteroatoms. The molecule has 0 bridgehead atoms. The molecule has 0 aliphatic carbocycles. The van der Waals surface area contributed by atoms with Crippen LogP contribution < -0.4 is 5.73 Å². The molecule has 0 fully saturated rings. The van der Waals surface area contributed by atoms with Gasteiger partial charge >= 0.3 is 0 Å².